The molecule has 1 aliphatic heterocycles. The molecule has 23 heavy (non-hydrogen) atoms. The first-order valence-corrected chi connectivity index (χ1v) is 7.81. The molecule has 1 aromatic carbocycles. The van der Waals surface area contributed by atoms with Crippen LogP contribution in [0, 0.1) is 11.3 Å². The summed E-state index contributed by atoms with van der Waals surface area (Å²) in [5.74, 6) is 1.37. The first-order valence-electron chi connectivity index (χ1n) is 7.81. The number of nitrogens with zero attached hydrogens (tertiary/aromatic N) is 2. The molecule has 1 spiro atoms. The Labute approximate surface area is 134 Å². The van der Waals surface area contributed by atoms with Crippen LogP contribution in [0.2, 0.25) is 0 Å². The van der Waals surface area contributed by atoms with E-state index >= 15 is 0 Å². The number of rotatable bonds is 4. The van der Waals surface area contributed by atoms with Crippen molar-refractivity contribution in [2.45, 2.75) is 12.8 Å². The molecular formula is C17H18N4O2. The Hall–Kier alpha value is -2.47. The van der Waals surface area contributed by atoms with Crippen molar-refractivity contribution in [3.8, 4) is 11.6 Å². The van der Waals surface area contributed by atoms with Crippen LogP contribution in [-0.4, -0.2) is 29.0 Å². The number of hydrogen-bond acceptors (Lipinski definition) is 5. The lowest BCUT2D eigenvalue weighted by molar-refractivity contribution is -0.118. The topological polar surface area (TPSA) is 76.1 Å². The lowest BCUT2D eigenvalue weighted by atomic mass is 10.0. The van der Waals surface area contributed by atoms with E-state index in [-0.39, 0.29) is 17.2 Å². The maximum absolute atomic E-state index is 12.3. The van der Waals surface area contributed by atoms with Gasteiger partial charge in [0, 0.05) is 30.5 Å². The second-order valence-corrected chi connectivity index (χ2v) is 6.21. The predicted molar refractivity (Wildman–Crippen MR) is 85.2 cm³/mol. The highest BCUT2D eigenvalue weighted by molar-refractivity contribution is 5.95. The molecule has 1 saturated heterocycles. The molecule has 1 amide bonds. The van der Waals surface area contributed by atoms with Crippen LogP contribution < -0.4 is 15.4 Å². The van der Waals surface area contributed by atoms with E-state index in [4.69, 9.17) is 4.74 Å². The van der Waals surface area contributed by atoms with Gasteiger partial charge in [-0.25, -0.2) is 4.98 Å². The summed E-state index contributed by atoms with van der Waals surface area (Å²) >= 11 is 0. The first kappa shape index (κ1) is 14.1. The average Bonchev–Trinajstić information content (AvgIpc) is 3.08. The smallest absolute Gasteiger partial charge is 0.237 e. The number of nitrogens with one attached hydrogen (secondary N) is 2. The van der Waals surface area contributed by atoms with Gasteiger partial charge in [-0.2, -0.15) is 0 Å². The Balaban J connectivity index is 1.36. The van der Waals surface area contributed by atoms with E-state index in [1.54, 1.807) is 18.6 Å². The van der Waals surface area contributed by atoms with Gasteiger partial charge in [-0.05, 0) is 49.1 Å². The van der Waals surface area contributed by atoms with Crippen molar-refractivity contribution in [3.63, 3.8) is 0 Å². The molecule has 2 unspecified atom stereocenters. The lowest BCUT2D eigenvalue weighted by Gasteiger charge is -2.09. The molecule has 0 bridgehead atoms. The van der Waals surface area contributed by atoms with Crippen LogP contribution in [0.15, 0.2) is 42.9 Å². The van der Waals surface area contributed by atoms with Crippen LogP contribution in [0.3, 0.4) is 0 Å². The fourth-order valence-corrected chi connectivity index (χ4v) is 3.25. The van der Waals surface area contributed by atoms with E-state index in [0.717, 1.165) is 31.6 Å². The second kappa shape index (κ2) is 5.62. The van der Waals surface area contributed by atoms with Gasteiger partial charge in [0.1, 0.15) is 5.75 Å². The number of aromatic nitrogens is 2. The quantitative estimate of drug-likeness (QED) is 0.905. The van der Waals surface area contributed by atoms with Gasteiger partial charge < -0.3 is 15.4 Å². The van der Waals surface area contributed by atoms with Crippen LogP contribution in [0.5, 0.6) is 11.6 Å². The molecule has 2 aromatic rings. The minimum atomic E-state index is 0.122. The van der Waals surface area contributed by atoms with Gasteiger partial charge in [0.15, 0.2) is 0 Å². The third kappa shape index (κ3) is 2.90. The minimum Gasteiger partial charge on any atom is -0.438 e. The number of benzene rings is 1. The van der Waals surface area contributed by atoms with Gasteiger partial charge in [0.2, 0.25) is 11.8 Å². The fourth-order valence-electron chi connectivity index (χ4n) is 3.25. The molecule has 0 radical (unpaired) electrons. The minimum absolute atomic E-state index is 0.122. The summed E-state index contributed by atoms with van der Waals surface area (Å²) in [6.45, 7) is 1.99. The highest BCUT2D eigenvalue weighted by Crippen LogP contribution is 2.56. The van der Waals surface area contributed by atoms with Crippen LogP contribution in [0.25, 0.3) is 0 Å². The molecule has 1 aliphatic carbocycles. The molecule has 2 heterocycles. The Morgan fingerprint density at radius 3 is 2.87 bits per heavy atom. The van der Waals surface area contributed by atoms with Crippen LogP contribution >= 0.6 is 0 Å². The number of amides is 1. The van der Waals surface area contributed by atoms with Crippen LogP contribution in [0.4, 0.5) is 5.69 Å². The van der Waals surface area contributed by atoms with Crippen molar-refractivity contribution in [2.24, 2.45) is 11.3 Å². The SMILES string of the molecule is O=C(Nc1ccc(Oc2cnccn2)cc1)C1CC12CCNC2. The fraction of sp³-hybridized carbons (Fsp3) is 0.353. The molecular weight excluding hydrogens is 292 g/mol. The van der Waals surface area contributed by atoms with Crippen molar-refractivity contribution in [1.82, 2.24) is 15.3 Å². The molecule has 6 nitrogen and oxygen atoms in total. The van der Waals surface area contributed by atoms with Gasteiger partial charge in [0.25, 0.3) is 0 Å². The molecule has 2 N–H and O–H groups in total. The van der Waals surface area contributed by atoms with E-state index in [9.17, 15) is 4.79 Å². The van der Waals surface area contributed by atoms with E-state index in [1.165, 1.54) is 0 Å². The maximum atomic E-state index is 12.3. The largest absolute Gasteiger partial charge is 0.438 e. The predicted octanol–water partition coefficient (Wildman–Crippen LogP) is 2.21. The number of anilines is 1. The van der Waals surface area contributed by atoms with Gasteiger partial charge >= 0.3 is 0 Å². The summed E-state index contributed by atoms with van der Waals surface area (Å²) in [6.07, 6.45) is 6.83. The van der Waals surface area contributed by atoms with Crippen molar-refractivity contribution in [3.05, 3.63) is 42.9 Å². The summed E-state index contributed by atoms with van der Waals surface area (Å²) in [7, 11) is 0. The molecule has 2 atom stereocenters. The van der Waals surface area contributed by atoms with E-state index in [0.29, 0.717) is 11.6 Å². The molecule has 4 rings (SSSR count). The number of hydrogen-bond donors (Lipinski definition) is 2. The average molecular weight is 310 g/mol. The Bertz CT molecular complexity index is 696. The second-order valence-electron chi connectivity index (χ2n) is 6.21. The molecule has 118 valence electrons. The van der Waals surface area contributed by atoms with E-state index in [2.05, 4.69) is 20.6 Å². The number of carbonyl (C=O) groups is 1. The van der Waals surface area contributed by atoms with Crippen molar-refractivity contribution < 1.29 is 9.53 Å². The standard InChI is InChI=1S/C17H18N4O2/c22-16(14-9-17(14)5-6-19-11-17)21-12-1-3-13(4-2-12)23-15-10-18-7-8-20-15/h1-4,7-8,10,14,19H,5-6,9,11H2,(H,21,22). The Kier molecular flexibility index (Phi) is 3.46. The van der Waals surface area contributed by atoms with E-state index in [1.807, 2.05) is 24.3 Å². The zero-order valence-electron chi connectivity index (χ0n) is 12.7. The zero-order valence-corrected chi connectivity index (χ0v) is 12.7. The summed E-state index contributed by atoms with van der Waals surface area (Å²) in [4.78, 5) is 20.3. The highest BCUT2D eigenvalue weighted by Gasteiger charge is 2.58. The maximum Gasteiger partial charge on any atom is 0.237 e. The highest BCUT2D eigenvalue weighted by atomic mass is 16.5. The zero-order chi connectivity index (χ0) is 15.7. The summed E-state index contributed by atoms with van der Waals surface area (Å²) in [5, 5.41) is 6.34. The monoisotopic (exact) mass is 310 g/mol. The molecule has 6 heteroatoms. The normalized spacial score (nSPS) is 25.3. The van der Waals surface area contributed by atoms with Gasteiger partial charge in [-0.1, -0.05) is 0 Å². The Morgan fingerprint density at radius 1 is 1.30 bits per heavy atom. The number of ether oxygens (including phenoxy) is 1. The summed E-state index contributed by atoms with van der Waals surface area (Å²) < 4.78 is 5.58. The third-order valence-electron chi connectivity index (χ3n) is 4.67. The van der Waals surface area contributed by atoms with Crippen LogP contribution in [0.1, 0.15) is 12.8 Å². The van der Waals surface area contributed by atoms with Gasteiger partial charge in [0.05, 0.1) is 6.20 Å². The van der Waals surface area contributed by atoms with Crippen molar-refractivity contribution >= 4 is 11.6 Å². The molecule has 1 saturated carbocycles. The van der Waals surface area contributed by atoms with Crippen molar-refractivity contribution in [2.75, 3.05) is 18.4 Å². The molecule has 1 aromatic heterocycles. The van der Waals surface area contributed by atoms with Gasteiger partial charge in [-0.15, -0.1) is 0 Å². The number of carbonyl (C=O) groups excluding carboxylic acids is 1. The summed E-state index contributed by atoms with van der Waals surface area (Å²) in [6, 6.07) is 7.30. The summed E-state index contributed by atoms with van der Waals surface area (Å²) in [5.41, 5.74) is 1.01. The first-order chi connectivity index (χ1) is 11.3. The van der Waals surface area contributed by atoms with Crippen molar-refractivity contribution in [1.29, 1.82) is 0 Å². The van der Waals surface area contributed by atoms with Gasteiger partial charge in [-0.3, -0.25) is 9.78 Å². The van der Waals surface area contributed by atoms with Crippen LogP contribution in [-0.2, 0) is 4.79 Å². The lowest BCUT2D eigenvalue weighted by Crippen LogP contribution is -2.20. The van der Waals surface area contributed by atoms with E-state index < -0.39 is 0 Å². The molecule has 2 aliphatic rings. The Morgan fingerprint density at radius 2 is 2.17 bits per heavy atom. The third-order valence-corrected chi connectivity index (χ3v) is 4.67. The molecule has 2 fully saturated rings.